The van der Waals surface area contributed by atoms with E-state index >= 15 is 0 Å². The number of phenolic OH excluding ortho intramolecular Hbond substituents is 1. The maximum absolute atomic E-state index is 13.9. The molecule has 1 aromatic carbocycles. The molecule has 1 aliphatic heterocycles. The standard InChI is InChI=1S/C25H29N3O9/c1-27(2)17-16-18(29)11-9-10-3-4-12(28-5-7-37-8-6-28)19(30)13(10)20(31)14(11)22(33)25(16,36)23(34)15(21(17)32)24(26)35/h3-4,11,16-18,29-31,34,36H,5-9H2,1-2H3,(H2,26,35)/t11-,16-,17+,18+,25+/m1/s1. The van der Waals surface area contributed by atoms with Crippen molar-refractivity contribution < 1.29 is 44.7 Å². The van der Waals surface area contributed by atoms with Gasteiger partial charge in [0.1, 0.15) is 22.8 Å². The molecular weight excluding hydrogens is 486 g/mol. The molecule has 4 aliphatic rings. The fraction of sp³-hybridized carbons (Fsp3) is 0.480. The summed E-state index contributed by atoms with van der Waals surface area (Å²) in [5.41, 5.74) is 1.91. The highest BCUT2D eigenvalue weighted by Crippen LogP contribution is 2.53. The Morgan fingerprint density at radius 2 is 1.81 bits per heavy atom. The zero-order chi connectivity index (χ0) is 27.0. The number of Topliss-reactive ketones (excluding diaryl/α,β-unsaturated/α-hetero) is 2. The molecule has 198 valence electrons. The number of rotatable bonds is 3. The molecule has 0 aromatic heterocycles. The van der Waals surface area contributed by atoms with Gasteiger partial charge in [0.15, 0.2) is 11.4 Å². The van der Waals surface area contributed by atoms with Gasteiger partial charge in [-0.1, -0.05) is 6.07 Å². The maximum Gasteiger partial charge on any atom is 0.255 e. The molecule has 2 fully saturated rings. The van der Waals surface area contributed by atoms with E-state index in [-0.39, 0.29) is 17.7 Å². The van der Waals surface area contributed by atoms with Crippen molar-refractivity contribution in [1.82, 2.24) is 4.90 Å². The number of aliphatic hydroxyl groups is 4. The number of carbonyl (C=O) groups excluding carboxylic acids is 3. The SMILES string of the molecule is CN(C)[C@@H]1C(=O)C(C(N)=O)=C(O)[C@@]2(O)C(=O)C3=C(O)c4c(ccc(N5CCOCC5)c4O)C[C@H]3[C@H](O)[C@@H]12. The van der Waals surface area contributed by atoms with Crippen molar-refractivity contribution >= 4 is 28.9 Å². The first kappa shape index (κ1) is 25.2. The van der Waals surface area contributed by atoms with E-state index < -0.39 is 69.7 Å². The smallest absolute Gasteiger partial charge is 0.255 e. The van der Waals surface area contributed by atoms with E-state index in [2.05, 4.69) is 0 Å². The van der Waals surface area contributed by atoms with Gasteiger partial charge in [0.05, 0.1) is 42.5 Å². The van der Waals surface area contributed by atoms with Crippen molar-refractivity contribution in [2.75, 3.05) is 45.3 Å². The number of ketones is 2. The van der Waals surface area contributed by atoms with Crippen molar-refractivity contribution in [2.45, 2.75) is 24.2 Å². The van der Waals surface area contributed by atoms with Crippen molar-refractivity contribution in [2.24, 2.45) is 17.6 Å². The first-order chi connectivity index (χ1) is 17.4. The van der Waals surface area contributed by atoms with Crippen molar-refractivity contribution in [3.8, 4) is 5.75 Å². The minimum absolute atomic E-state index is 0.00660. The van der Waals surface area contributed by atoms with Gasteiger partial charge < -0.3 is 40.9 Å². The van der Waals surface area contributed by atoms with Gasteiger partial charge in [0.25, 0.3) is 5.91 Å². The van der Waals surface area contributed by atoms with Crippen LogP contribution in [0.2, 0.25) is 0 Å². The third-order valence-corrected chi connectivity index (χ3v) is 8.01. The van der Waals surface area contributed by atoms with Gasteiger partial charge in [-0.15, -0.1) is 0 Å². The number of amides is 1. The number of benzene rings is 1. The van der Waals surface area contributed by atoms with E-state index in [0.29, 0.717) is 37.6 Å². The third kappa shape index (κ3) is 3.33. The van der Waals surface area contributed by atoms with E-state index in [4.69, 9.17) is 10.5 Å². The topological polar surface area (TPSA) is 194 Å². The van der Waals surface area contributed by atoms with Gasteiger partial charge in [-0.3, -0.25) is 19.3 Å². The minimum atomic E-state index is -2.92. The number of nitrogens with zero attached hydrogens (tertiary/aromatic N) is 2. The Morgan fingerprint density at radius 3 is 2.41 bits per heavy atom. The predicted octanol–water partition coefficient (Wildman–Crippen LogP) is -1.23. The van der Waals surface area contributed by atoms with E-state index in [1.165, 1.54) is 19.0 Å². The molecule has 1 aromatic rings. The first-order valence-corrected chi connectivity index (χ1v) is 11.9. The quantitative estimate of drug-likeness (QED) is 0.264. The van der Waals surface area contributed by atoms with E-state index in [1.807, 2.05) is 4.90 Å². The van der Waals surface area contributed by atoms with Crippen LogP contribution in [0.15, 0.2) is 29.0 Å². The average Bonchev–Trinajstić information content (AvgIpc) is 2.84. The lowest BCUT2D eigenvalue weighted by Crippen LogP contribution is -2.70. The van der Waals surface area contributed by atoms with Crippen LogP contribution >= 0.6 is 0 Å². The summed E-state index contributed by atoms with van der Waals surface area (Å²) in [5.74, 6) is -8.26. The average molecular weight is 516 g/mol. The van der Waals surface area contributed by atoms with E-state index in [1.54, 1.807) is 12.1 Å². The number of phenols is 1. The molecule has 1 saturated heterocycles. The lowest BCUT2D eigenvalue weighted by Gasteiger charge is -2.52. The monoisotopic (exact) mass is 515 g/mol. The zero-order valence-corrected chi connectivity index (χ0v) is 20.3. The Bertz CT molecular complexity index is 1280. The molecule has 0 unspecified atom stereocenters. The zero-order valence-electron chi connectivity index (χ0n) is 20.3. The summed E-state index contributed by atoms with van der Waals surface area (Å²) in [7, 11) is 2.93. The molecule has 0 radical (unpaired) electrons. The van der Waals surface area contributed by atoms with Crippen molar-refractivity contribution in [3.63, 3.8) is 0 Å². The number of primary amides is 1. The molecule has 5 rings (SSSR count). The van der Waals surface area contributed by atoms with Crippen LogP contribution < -0.4 is 10.6 Å². The van der Waals surface area contributed by atoms with Crippen LogP contribution in [-0.2, 0) is 25.5 Å². The fourth-order valence-electron chi connectivity index (χ4n) is 6.28. The Balaban J connectivity index is 1.71. The predicted molar refractivity (Wildman–Crippen MR) is 129 cm³/mol. The summed E-state index contributed by atoms with van der Waals surface area (Å²) in [6, 6.07) is 2.00. The molecule has 12 nitrogen and oxygen atoms in total. The molecule has 0 bridgehead atoms. The number of aromatic hydroxyl groups is 1. The van der Waals surface area contributed by atoms with Gasteiger partial charge in [0.2, 0.25) is 5.78 Å². The number of hydrogen-bond acceptors (Lipinski definition) is 11. The van der Waals surface area contributed by atoms with Gasteiger partial charge in [-0.25, -0.2) is 0 Å². The number of hydrogen-bond donors (Lipinski definition) is 6. The summed E-state index contributed by atoms with van der Waals surface area (Å²) in [6.07, 6.45) is -1.59. The molecule has 12 heteroatoms. The molecule has 37 heavy (non-hydrogen) atoms. The van der Waals surface area contributed by atoms with Crippen LogP contribution in [0.25, 0.3) is 5.76 Å². The number of likely N-dealkylation sites (N-methyl/N-ethyl adjacent to an activating group) is 1. The highest BCUT2D eigenvalue weighted by molar-refractivity contribution is 6.24. The van der Waals surface area contributed by atoms with Crippen LogP contribution in [0.4, 0.5) is 5.69 Å². The molecule has 3 aliphatic carbocycles. The summed E-state index contributed by atoms with van der Waals surface area (Å²) in [5, 5.41) is 56.4. The second-order valence-corrected chi connectivity index (χ2v) is 10.1. The van der Waals surface area contributed by atoms with Crippen LogP contribution in [0.5, 0.6) is 5.75 Å². The molecule has 7 N–H and O–H groups in total. The molecule has 1 heterocycles. The minimum Gasteiger partial charge on any atom is -0.508 e. The number of fused-ring (bicyclic) bond motifs is 3. The molecule has 0 spiro atoms. The third-order valence-electron chi connectivity index (χ3n) is 8.01. The maximum atomic E-state index is 13.9. The lowest BCUT2D eigenvalue weighted by molar-refractivity contribution is -0.168. The summed E-state index contributed by atoms with van der Waals surface area (Å²) < 4.78 is 5.35. The Labute approximate surface area is 211 Å². The second-order valence-electron chi connectivity index (χ2n) is 10.1. The first-order valence-electron chi connectivity index (χ1n) is 11.9. The summed E-state index contributed by atoms with van der Waals surface area (Å²) in [4.78, 5) is 42.3. The second kappa shape index (κ2) is 8.55. The van der Waals surface area contributed by atoms with Gasteiger partial charge in [-0.05, 0) is 32.1 Å². The van der Waals surface area contributed by atoms with Gasteiger partial charge in [-0.2, -0.15) is 0 Å². The van der Waals surface area contributed by atoms with Crippen LogP contribution in [0.1, 0.15) is 11.1 Å². The number of nitrogens with two attached hydrogens (primary N) is 1. The van der Waals surface area contributed by atoms with Crippen LogP contribution in [-0.4, -0.2) is 106 Å². The number of anilines is 1. The highest BCUT2D eigenvalue weighted by Gasteiger charge is 2.67. The van der Waals surface area contributed by atoms with Crippen molar-refractivity contribution in [1.29, 1.82) is 0 Å². The lowest BCUT2D eigenvalue weighted by atomic mass is 9.56. The Kier molecular flexibility index (Phi) is 5.83. The Hall–Kier alpha value is -3.45. The number of carbonyl (C=O) groups is 3. The summed E-state index contributed by atoms with van der Waals surface area (Å²) >= 11 is 0. The van der Waals surface area contributed by atoms with E-state index in [9.17, 15) is 39.9 Å². The summed E-state index contributed by atoms with van der Waals surface area (Å²) in [6.45, 7) is 1.90. The number of aliphatic hydroxyl groups excluding tert-OH is 3. The number of morpholine rings is 1. The highest BCUT2D eigenvalue weighted by atomic mass is 16.5. The van der Waals surface area contributed by atoms with Crippen LogP contribution in [0.3, 0.4) is 0 Å². The van der Waals surface area contributed by atoms with Gasteiger partial charge >= 0.3 is 0 Å². The molecule has 1 saturated carbocycles. The largest absolute Gasteiger partial charge is 0.508 e. The molecule has 5 atom stereocenters. The Morgan fingerprint density at radius 1 is 1.16 bits per heavy atom. The molecule has 1 amide bonds. The molecular formula is C25H29N3O9. The van der Waals surface area contributed by atoms with Crippen LogP contribution in [0, 0.1) is 11.8 Å². The van der Waals surface area contributed by atoms with Crippen molar-refractivity contribution in [3.05, 3.63) is 40.2 Å². The fourth-order valence-corrected chi connectivity index (χ4v) is 6.28. The van der Waals surface area contributed by atoms with E-state index in [0.717, 1.165) is 0 Å². The normalized spacial score (nSPS) is 31.9. The number of ether oxygens (including phenoxy) is 1. The van der Waals surface area contributed by atoms with Gasteiger partial charge in [0, 0.05) is 24.6 Å².